The topological polar surface area (TPSA) is 54.2 Å². The number of nitrogens with two attached hydrogens (primary N) is 1. The van der Waals surface area contributed by atoms with E-state index in [9.17, 15) is 0 Å². The standard InChI is InChI=1S/C16H24N4/c1-3-20(4-2)12-6-10-18-15-9-11-19-16-13(15)7-5-8-14(16)17/h5,7-9,11H,3-4,6,10,12,17H2,1-2H3,(H,18,19). The second kappa shape index (κ2) is 7.10. The van der Waals surface area contributed by atoms with Crippen LogP contribution in [-0.4, -0.2) is 36.1 Å². The molecule has 0 aliphatic carbocycles. The van der Waals surface area contributed by atoms with Crippen molar-refractivity contribution in [1.29, 1.82) is 0 Å². The van der Waals surface area contributed by atoms with Gasteiger partial charge in [-0.1, -0.05) is 26.0 Å². The molecule has 0 aliphatic heterocycles. The van der Waals surface area contributed by atoms with Gasteiger partial charge >= 0.3 is 0 Å². The first-order chi connectivity index (χ1) is 9.76. The zero-order valence-electron chi connectivity index (χ0n) is 12.4. The van der Waals surface area contributed by atoms with Crippen LogP contribution in [0.1, 0.15) is 20.3 Å². The van der Waals surface area contributed by atoms with E-state index >= 15 is 0 Å². The summed E-state index contributed by atoms with van der Waals surface area (Å²) in [5.74, 6) is 0. The van der Waals surface area contributed by atoms with Crippen LogP contribution in [-0.2, 0) is 0 Å². The number of nitrogen functional groups attached to an aromatic ring is 1. The third kappa shape index (κ3) is 3.39. The van der Waals surface area contributed by atoms with Gasteiger partial charge in [0, 0.05) is 23.8 Å². The van der Waals surface area contributed by atoms with Crippen molar-refractivity contribution < 1.29 is 0 Å². The Morgan fingerprint density at radius 3 is 2.75 bits per heavy atom. The molecule has 0 unspecified atom stereocenters. The number of pyridine rings is 1. The molecular formula is C16H24N4. The highest BCUT2D eigenvalue weighted by molar-refractivity contribution is 5.97. The van der Waals surface area contributed by atoms with Crippen molar-refractivity contribution in [1.82, 2.24) is 9.88 Å². The fourth-order valence-electron chi connectivity index (χ4n) is 2.42. The quantitative estimate of drug-likeness (QED) is 0.601. The van der Waals surface area contributed by atoms with Crippen LogP contribution in [0.15, 0.2) is 30.5 Å². The molecule has 1 aromatic heterocycles. The summed E-state index contributed by atoms with van der Waals surface area (Å²) in [5, 5.41) is 4.59. The summed E-state index contributed by atoms with van der Waals surface area (Å²) in [6, 6.07) is 7.94. The highest BCUT2D eigenvalue weighted by atomic mass is 15.1. The van der Waals surface area contributed by atoms with E-state index in [2.05, 4.69) is 35.1 Å². The Morgan fingerprint density at radius 2 is 2.00 bits per heavy atom. The number of nitrogens with one attached hydrogen (secondary N) is 1. The fraction of sp³-hybridized carbons (Fsp3) is 0.438. The number of para-hydroxylation sites is 1. The zero-order valence-corrected chi connectivity index (χ0v) is 12.4. The molecule has 0 bridgehead atoms. The minimum Gasteiger partial charge on any atom is -0.397 e. The van der Waals surface area contributed by atoms with Crippen LogP contribution >= 0.6 is 0 Å². The van der Waals surface area contributed by atoms with Gasteiger partial charge in [-0.25, -0.2) is 0 Å². The Kier molecular flexibility index (Phi) is 5.18. The van der Waals surface area contributed by atoms with Crippen LogP contribution in [0.3, 0.4) is 0 Å². The van der Waals surface area contributed by atoms with Crippen LogP contribution in [0.4, 0.5) is 11.4 Å². The maximum Gasteiger partial charge on any atom is 0.0951 e. The Labute approximate surface area is 121 Å². The van der Waals surface area contributed by atoms with Gasteiger partial charge in [-0.05, 0) is 38.2 Å². The molecule has 0 saturated heterocycles. The number of rotatable bonds is 7. The summed E-state index contributed by atoms with van der Waals surface area (Å²) < 4.78 is 0. The number of fused-ring (bicyclic) bond motifs is 1. The van der Waals surface area contributed by atoms with Gasteiger partial charge in [0.05, 0.1) is 11.2 Å². The average molecular weight is 272 g/mol. The summed E-state index contributed by atoms with van der Waals surface area (Å²) in [5.41, 5.74) is 8.68. The fourth-order valence-corrected chi connectivity index (χ4v) is 2.42. The monoisotopic (exact) mass is 272 g/mol. The molecule has 4 heteroatoms. The van der Waals surface area contributed by atoms with E-state index in [-0.39, 0.29) is 0 Å². The summed E-state index contributed by atoms with van der Waals surface area (Å²) >= 11 is 0. The molecule has 2 rings (SSSR count). The molecule has 0 fully saturated rings. The number of benzene rings is 1. The molecule has 4 nitrogen and oxygen atoms in total. The minimum atomic E-state index is 0.731. The van der Waals surface area contributed by atoms with Gasteiger partial charge in [0.1, 0.15) is 0 Å². The Balaban J connectivity index is 1.98. The van der Waals surface area contributed by atoms with Crippen LogP contribution in [0, 0.1) is 0 Å². The van der Waals surface area contributed by atoms with Gasteiger partial charge < -0.3 is 16.0 Å². The number of hydrogen-bond acceptors (Lipinski definition) is 4. The Morgan fingerprint density at radius 1 is 1.20 bits per heavy atom. The van der Waals surface area contributed by atoms with Crippen molar-refractivity contribution in [3.05, 3.63) is 30.5 Å². The predicted molar refractivity (Wildman–Crippen MR) is 87.1 cm³/mol. The SMILES string of the molecule is CCN(CC)CCCNc1ccnc2c(N)cccc12. The van der Waals surface area contributed by atoms with Crippen LogP contribution in [0.5, 0.6) is 0 Å². The second-order valence-electron chi connectivity index (χ2n) is 4.91. The van der Waals surface area contributed by atoms with Crippen molar-refractivity contribution in [2.75, 3.05) is 37.2 Å². The Hall–Kier alpha value is -1.81. The normalized spacial score (nSPS) is 11.2. The lowest BCUT2D eigenvalue weighted by Gasteiger charge is -2.18. The van der Waals surface area contributed by atoms with Gasteiger partial charge in [-0.3, -0.25) is 4.98 Å². The third-order valence-electron chi connectivity index (χ3n) is 3.66. The van der Waals surface area contributed by atoms with E-state index in [4.69, 9.17) is 5.73 Å². The lowest BCUT2D eigenvalue weighted by molar-refractivity contribution is 0.303. The maximum atomic E-state index is 5.96. The highest BCUT2D eigenvalue weighted by Gasteiger charge is 2.04. The number of aromatic nitrogens is 1. The first kappa shape index (κ1) is 14.6. The van der Waals surface area contributed by atoms with Gasteiger partial charge in [0.15, 0.2) is 0 Å². The highest BCUT2D eigenvalue weighted by Crippen LogP contribution is 2.25. The van der Waals surface area contributed by atoms with Crippen LogP contribution in [0.25, 0.3) is 10.9 Å². The van der Waals surface area contributed by atoms with Gasteiger partial charge in [-0.2, -0.15) is 0 Å². The van der Waals surface area contributed by atoms with Crippen molar-refractivity contribution >= 4 is 22.3 Å². The summed E-state index contributed by atoms with van der Waals surface area (Å²) in [6.07, 6.45) is 2.94. The molecule has 0 saturated carbocycles. The van der Waals surface area contributed by atoms with Crippen molar-refractivity contribution in [3.63, 3.8) is 0 Å². The molecular weight excluding hydrogens is 248 g/mol. The predicted octanol–water partition coefficient (Wildman–Crippen LogP) is 2.96. The smallest absolute Gasteiger partial charge is 0.0951 e. The summed E-state index contributed by atoms with van der Waals surface area (Å²) in [7, 11) is 0. The number of nitrogens with zero attached hydrogens (tertiary/aromatic N) is 2. The van der Waals surface area contributed by atoms with Gasteiger partial charge in [0.2, 0.25) is 0 Å². The minimum absolute atomic E-state index is 0.731. The lowest BCUT2D eigenvalue weighted by Crippen LogP contribution is -2.25. The first-order valence-corrected chi connectivity index (χ1v) is 7.35. The molecule has 1 heterocycles. The molecule has 0 aliphatic rings. The molecule has 2 aromatic rings. The van der Waals surface area contributed by atoms with Crippen molar-refractivity contribution in [2.24, 2.45) is 0 Å². The van der Waals surface area contributed by atoms with E-state index in [0.717, 1.165) is 54.9 Å². The summed E-state index contributed by atoms with van der Waals surface area (Å²) in [6.45, 7) is 8.73. The molecule has 0 spiro atoms. The zero-order chi connectivity index (χ0) is 14.4. The van der Waals surface area contributed by atoms with Gasteiger partial charge in [0.25, 0.3) is 0 Å². The molecule has 0 radical (unpaired) electrons. The van der Waals surface area contributed by atoms with E-state index in [1.54, 1.807) is 0 Å². The molecule has 3 N–H and O–H groups in total. The molecule has 20 heavy (non-hydrogen) atoms. The number of hydrogen-bond donors (Lipinski definition) is 2. The van der Waals surface area contributed by atoms with Crippen molar-refractivity contribution in [3.8, 4) is 0 Å². The van der Waals surface area contributed by atoms with E-state index in [1.165, 1.54) is 0 Å². The average Bonchev–Trinajstić information content (AvgIpc) is 2.48. The second-order valence-corrected chi connectivity index (χ2v) is 4.91. The van der Waals surface area contributed by atoms with Crippen LogP contribution in [0.2, 0.25) is 0 Å². The molecule has 0 amide bonds. The van der Waals surface area contributed by atoms with E-state index < -0.39 is 0 Å². The van der Waals surface area contributed by atoms with E-state index in [1.807, 2.05) is 24.4 Å². The first-order valence-electron chi connectivity index (χ1n) is 7.35. The largest absolute Gasteiger partial charge is 0.397 e. The van der Waals surface area contributed by atoms with Crippen LogP contribution < -0.4 is 11.1 Å². The third-order valence-corrected chi connectivity index (χ3v) is 3.66. The molecule has 108 valence electrons. The van der Waals surface area contributed by atoms with Crippen molar-refractivity contribution in [2.45, 2.75) is 20.3 Å². The van der Waals surface area contributed by atoms with Gasteiger partial charge in [-0.15, -0.1) is 0 Å². The molecule has 1 aromatic carbocycles. The summed E-state index contributed by atoms with van der Waals surface area (Å²) in [4.78, 5) is 6.79. The molecule has 0 atom stereocenters. The van der Waals surface area contributed by atoms with E-state index in [0.29, 0.717) is 0 Å². The Bertz CT molecular complexity index is 549. The lowest BCUT2D eigenvalue weighted by atomic mass is 10.1. The maximum absolute atomic E-state index is 5.96. The number of anilines is 2.